The van der Waals surface area contributed by atoms with Gasteiger partial charge in [0.25, 0.3) is 0 Å². The summed E-state index contributed by atoms with van der Waals surface area (Å²) in [5, 5.41) is 14.7. The molecule has 7 heteroatoms. The first-order valence-corrected chi connectivity index (χ1v) is 8.64. The average molecular weight is 345 g/mol. The Balaban J connectivity index is 1.47. The monoisotopic (exact) mass is 345 g/mol. The second kappa shape index (κ2) is 8.19. The van der Waals surface area contributed by atoms with Gasteiger partial charge in [-0.05, 0) is 30.7 Å². The van der Waals surface area contributed by atoms with Crippen molar-refractivity contribution in [3.05, 3.63) is 24.3 Å². The molecule has 0 radical (unpaired) electrons. The smallest absolute Gasteiger partial charge is 0.319 e. The van der Waals surface area contributed by atoms with Crippen molar-refractivity contribution >= 4 is 11.7 Å². The van der Waals surface area contributed by atoms with Gasteiger partial charge in [-0.1, -0.05) is 13.3 Å². The first-order valence-electron chi connectivity index (χ1n) is 8.64. The zero-order chi connectivity index (χ0) is 17.6. The molecule has 0 unspecified atom stereocenters. The van der Waals surface area contributed by atoms with Crippen molar-refractivity contribution in [3.63, 3.8) is 0 Å². The average Bonchev–Trinajstić information content (AvgIpc) is 3.19. The first kappa shape index (κ1) is 17.5. The SMILES string of the molecule is CCCCOc1ccc(NC(=O)N[C@H]2CO[C@H]3[C@@H]2OC[C@@H]3C#N)cc1. The van der Waals surface area contributed by atoms with E-state index in [2.05, 4.69) is 23.6 Å². The van der Waals surface area contributed by atoms with E-state index in [9.17, 15) is 4.79 Å². The van der Waals surface area contributed by atoms with Crippen molar-refractivity contribution in [2.24, 2.45) is 5.92 Å². The van der Waals surface area contributed by atoms with Crippen LogP contribution in [0.3, 0.4) is 0 Å². The lowest BCUT2D eigenvalue weighted by Gasteiger charge is -2.18. The third-order valence-corrected chi connectivity index (χ3v) is 4.41. The van der Waals surface area contributed by atoms with Crippen LogP contribution in [0.2, 0.25) is 0 Å². The minimum absolute atomic E-state index is 0.250. The number of unbranched alkanes of at least 4 members (excludes halogenated alkanes) is 1. The highest BCUT2D eigenvalue weighted by molar-refractivity contribution is 5.89. The lowest BCUT2D eigenvalue weighted by atomic mass is 10.0. The minimum atomic E-state index is -0.321. The summed E-state index contributed by atoms with van der Waals surface area (Å²) in [7, 11) is 0. The highest BCUT2D eigenvalue weighted by Gasteiger charge is 2.48. The fourth-order valence-corrected chi connectivity index (χ4v) is 3.04. The molecule has 7 nitrogen and oxygen atoms in total. The van der Waals surface area contributed by atoms with E-state index < -0.39 is 0 Å². The molecule has 0 bridgehead atoms. The normalized spacial score (nSPS) is 27.4. The molecule has 2 N–H and O–H groups in total. The van der Waals surface area contributed by atoms with Crippen LogP contribution >= 0.6 is 0 Å². The molecule has 25 heavy (non-hydrogen) atoms. The van der Waals surface area contributed by atoms with Gasteiger partial charge in [-0.3, -0.25) is 0 Å². The number of urea groups is 1. The van der Waals surface area contributed by atoms with Crippen molar-refractivity contribution in [2.45, 2.75) is 38.0 Å². The van der Waals surface area contributed by atoms with Gasteiger partial charge >= 0.3 is 6.03 Å². The number of hydrogen-bond acceptors (Lipinski definition) is 5. The van der Waals surface area contributed by atoms with Crippen LogP contribution < -0.4 is 15.4 Å². The Morgan fingerprint density at radius 1 is 1.28 bits per heavy atom. The lowest BCUT2D eigenvalue weighted by Crippen LogP contribution is -2.45. The number of fused-ring (bicyclic) bond motifs is 1. The van der Waals surface area contributed by atoms with E-state index in [0.717, 1.165) is 18.6 Å². The topological polar surface area (TPSA) is 92.6 Å². The number of nitriles is 1. The summed E-state index contributed by atoms with van der Waals surface area (Å²) in [4.78, 5) is 12.2. The molecular weight excluding hydrogens is 322 g/mol. The van der Waals surface area contributed by atoms with Crippen LogP contribution in [0.4, 0.5) is 10.5 Å². The highest BCUT2D eigenvalue weighted by Crippen LogP contribution is 2.30. The zero-order valence-electron chi connectivity index (χ0n) is 14.2. The number of amides is 2. The molecule has 4 atom stereocenters. The van der Waals surface area contributed by atoms with E-state index in [4.69, 9.17) is 19.5 Å². The largest absolute Gasteiger partial charge is 0.494 e. The number of nitrogens with one attached hydrogen (secondary N) is 2. The summed E-state index contributed by atoms with van der Waals surface area (Å²) in [5.74, 6) is 0.522. The van der Waals surface area contributed by atoms with Gasteiger partial charge < -0.3 is 24.8 Å². The van der Waals surface area contributed by atoms with Gasteiger partial charge in [-0.15, -0.1) is 0 Å². The van der Waals surface area contributed by atoms with Crippen LogP contribution in [0.15, 0.2) is 24.3 Å². The van der Waals surface area contributed by atoms with Crippen LogP contribution in [-0.4, -0.2) is 44.1 Å². The van der Waals surface area contributed by atoms with E-state index in [1.807, 2.05) is 12.1 Å². The van der Waals surface area contributed by atoms with Crippen molar-refractivity contribution in [3.8, 4) is 11.8 Å². The Labute approximate surface area is 147 Å². The van der Waals surface area contributed by atoms with E-state index in [1.54, 1.807) is 12.1 Å². The number of carbonyl (C=O) groups is 1. The van der Waals surface area contributed by atoms with Crippen molar-refractivity contribution in [2.75, 3.05) is 25.1 Å². The van der Waals surface area contributed by atoms with Gasteiger partial charge in [0, 0.05) is 5.69 Å². The molecule has 1 aromatic rings. The molecule has 2 fully saturated rings. The molecule has 3 rings (SSSR count). The highest BCUT2D eigenvalue weighted by atomic mass is 16.6. The molecule has 0 spiro atoms. The van der Waals surface area contributed by atoms with Crippen molar-refractivity contribution < 1.29 is 19.0 Å². The van der Waals surface area contributed by atoms with Gasteiger partial charge in [0.2, 0.25) is 0 Å². The Kier molecular flexibility index (Phi) is 5.74. The first-order chi connectivity index (χ1) is 12.2. The second-order valence-electron chi connectivity index (χ2n) is 6.26. The second-order valence-corrected chi connectivity index (χ2v) is 6.26. The summed E-state index contributed by atoms with van der Waals surface area (Å²) in [6.07, 6.45) is 1.59. The van der Waals surface area contributed by atoms with E-state index in [1.165, 1.54) is 0 Å². The third kappa shape index (κ3) is 4.21. The molecule has 2 aliphatic rings. The molecule has 0 aromatic heterocycles. The predicted octanol–water partition coefficient (Wildman–Crippen LogP) is 2.29. The van der Waals surface area contributed by atoms with Gasteiger partial charge in [-0.25, -0.2) is 4.79 Å². The van der Waals surface area contributed by atoms with Gasteiger partial charge in [0.1, 0.15) is 18.0 Å². The molecular formula is C18H23N3O4. The Bertz CT molecular complexity index is 628. The fourth-order valence-electron chi connectivity index (χ4n) is 3.04. The summed E-state index contributed by atoms with van der Waals surface area (Å²) in [6.45, 7) is 3.51. The van der Waals surface area contributed by atoms with Crippen LogP contribution in [0.1, 0.15) is 19.8 Å². The Morgan fingerprint density at radius 3 is 2.76 bits per heavy atom. The molecule has 2 saturated heterocycles. The molecule has 2 heterocycles. The maximum atomic E-state index is 12.2. The standard InChI is InChI=1S/C18H23N3O4/c1-2-3-8-23-14-6-4-13(5-7-14)20-18(22)21-15-11-25-16-12(9-19)10-24-17(15)16/h4-7,12,15-17H,2-3,8,10-11H2,1H3,(H2,20,21,22)/t12-,15-,16+,17+/m0/s1. The summed E-state index contributed by atoms with van der Waals surface area (Å²) in [5.41, 5.74) is 0.679. The predicted molar refractivity (Wildman–Crippen MR) is 91.4 cm³/mol. The summed E-state index contributed by atoms with van der Waals surface area (Å²) in [6, 6.07) is 8.87. The molecule has 134 valence electrons. The quantitative estimate of drug-likeness (QED) is 0.772. The zero-order valence-corrected chi connectivity index (χ0v) is 14.2. The van der Waals surface area contributed by atoms with Gasteiger partial charge in [-0.2, -0.15) is 5.26 Å². The fraction of sp³-hybridized carbons (Fsp3) is 0.556. The Morgan fingerprint density at radius 2 is 2.04 bits per heavy atom. The third-order valence-electron chi connectivity index (χ3n) is 4.41. The Hall–Kier alpha value is -2.30. The van der Waals surface area contributed by atoms with Crippen molar-refractivity contribution in [1.82, 2.24) is 5.32 Å². The van der Waals surface area contributed by atoms with Gasteiger partial charge in [0.05, 0.1) is 37.8 Å². The number of rotatable bonds is 6. The number of hydrogen-bond donors (Lipinski definition) is 2. The maximum absolute atomic E-state index is 12.2. The molecule has 2 aliphatic heterocycles. The number of ether oxygens (including phenoxy) is 3. The number of carbonyl (C=O) groups excluding carboxylic acids is 1. The molecule has 1 aromatic carbocycles. The van der Waals surface area contributed by atoms with E-state index in [0.29, 0.717) is 25.5 Å². The molecule has 0 saturated carbocycles. The lowest BCUT2D eigenvalue weighted by molar-refractivity contribution is 0.0665. The number of nitrogens with zero attached hydrogens (tertiary/aromatic N) is 1. The molecule has 2 amide bonds. The van der Waals surface area contributed by atoms with E-state index in [-0.39, 0.29) is 30.2 Å². The van der Waals surface area contributed by atoms with Crippen LogP contribution in [-0.2, 0) is 9.47 Å². The van der Waals surface area contributed by atoms with Crippen LogP contribution in [0, 0.1) is 17.2 Å². The van der Waals surface area contributed by atoms with Crippen molar-refractivity contribution in [1.29, 1.82) is 5.26 Å². The minimum Gasteiger partial charge on any atom is -0.494 e. The summed E-state index contributed by atoms with van der Waals surface area (Å²) < 4.78 is 16.8. The summed E-state index contributed by atoms with van der Waals surface area (Å²) >= 11 is 0. The van der Waals surface area contributed by atoms with E-state index >= 15 is 0 Å². The number of anilines is 1. The number of benzene rings is 1. The van der Waals surface area contributed by atoms with Crippen LogP contribution in [0.25, 0.3) is 0 Å². The van der Waals surface area contributed by atoms with Gasteiger partial charge in [0.15, 0.2) is 0 Å². The maximum Gasteiger partial charge on any atom is 0.319 e. The van der Waals surface area contributed by atoms with Crippen LogP contribution in [0.5, 0.6) is 5.75 Å². The molecule has 0 aliphatic carbocycles.